The average Bonchev–Trinajstić information content (AvgIpc) is 2.37. The van der Waals surface area contributed by atoms with Crippen molar-refractivity contribution >= 4 is 33.6 Å². The molecule has 0 fully saturated rings. The lowest BCUT2D eigenvalue weighted by molar-refractivity contribution is -0.116. The number of benzene rings is 1. The Balaban J connectivity index is 2.23. The molecule has 2 aromatic rings. The summed E-state index contributed by atoms with van der Waals surface area (Å²) in [6.45, 7) is 0. The largest absolute Gasteiger partial charge is 0.369 e. The van der Waals surface area contributed by atoms with Crippen LogP contribution in [0.25, 0.3) is 0 Å². The van der Waals surface area contributed by atoms with E-state index in [1.807, 2.05) is 24.3 Å². The van der Waals surface area contributed by atoms with Crippen LogP contribution < -0.4 is 16.6 Å². The Bertz CT molecular complexity index is 756. The van der Waals surface area contributed by atoms with Gasteiger partial charge in [-0.1, -0.05) is 34.1 Å². The van der Waals surface area contributed by atoms with Crippen molar-refractivity contribution in [3.63, 3.8) is 0 Å². The first-order valence-electron chi connectivity index (χ1n) is 6.00. The third-order valence-corrected chi connectivity index (χ3v) is 3.97. The Hall–Kier alpha value is -2.15. The molecule has 1 aliphatic heterocycles. The topological polar surface area (TPSA) is 101 Å². The molecule has 0 radical (unpaired) electrons. The number of nitrogens with two attached hydrogens (primary N) is 1. The van der Waals surface area contributed by atoms with E-state index in [0.29, 0.717) is 5.56 Å². The van der Waals surface area contributed by atoms with Crippen LogP contribution in [-0.4, -0.2) is 15.9 Å². The fraction of sp³-hybridized carbons (Fsp3) is 0.154. The SMILES string of the molecule is Nc1nc2c(c(=O)[nH]1)[C@H](c1ccccc1Br)CC(=O)N2. The predicted molar refractivity (Wildman–Crippen MR) is 78.5 cm³/mol. The van der Waals surface area contributed by atoms with Crippen LogP contribution in [0, 0.1) is 0 Å². The van der Waals surface area contributed by atoms with Crippen LogP contribution in [0.5, 0.6) is 0 Å². The molecule has 7 heteroatoms. The lowest BCUT2D eigenvalue weighted by Crippen LogP contribution is -2.31. The number of hydrogen-bond donors (Lipinski definition) is 3. The Labute approximate surface area is 122 Å². The van der Waals surface area contributed by atoms with E-state index in [9.17, 15) is 9.59 Å². The number of aromatic amines is 1. The third-order valence-electron chi connectivity index (χ3n) is 3.25. The van der Waals surface area contributed by atoms with Crippen molar-refractivity contribution in [3.8, 4) is 0 Å². The molecule has 0 unspecified atom stereocenters. The van der Waals surface area contributed by atoms with Crippen molar-refractivity contribution < 1.29 is 4.79 Å². The number of nitrogen functional groups attached to an aromatic ring is 1. The van der Waals surface area contributed by atoms with Gasteiger partial charge in [-0.2, -0.15) is 4.98 Å². The van der Waals surface area contributed by atoms with Crippen molar-refractivity contribution in [2.24, 2.45) is 0 Å². The van der Waals surface area contributed by atoms with Crippen LogP contribution >= 0.6 is 15.9 Å². The van der Waals surface area contributed by atoms with Crippen LogP contribution in [-0.2, 0) is 4.79 Å². The second-order valence-corrected chi connectivity index (χ2v) is 5.39. The highest BCUT2D eigenvalue weighted by Gasteiger charge is 2.31. The van der Waals surface area contributed by atoms with E-state index in [-0.39, 0.29) is 35.6 Å². The van der Waals surface area contributed by atoms with Gasteiger partial charge in [0.05, 0.1) is 5.56 Å². The summed E-state index contributed by atoms with van der Waals surface area (Å²) in [5, 5.41) is 2.60. The molecule has 1 aliphatic rings. The van der Waals surface area contributed by atoms with Crippen LogP contribution in [0.3, 0.4) is 0 Å². The standard InChI is InChI=1S/C13H11BrN4O2/c14-8-4-2-1-3-6(8)7-5-9(19)16-11-10(7)12(20)18-13(15)17-11/h1-4,7H,5H2,(H4,15,16,17,18,19,20)/t7-/m0/s1. The van der Waals surface area contributed by atoms with E-state index in [4.69, 9.17) is 5.73 Å². The van der Waals surface area contributed by atoms with Gasteiger partial charge in [-0.05, 0) is 11.6 Å². The van der Waals surface area contributed by atoms with Crippen LogP contribution in [0.15, 0.2) is 33.5 Å². The van der Waals surface area contributed by atoms with E-state index in [1.54, 1.807) is 0 Å². The molecule has 0 saturated heterocycles. The minimum Gasteiger partial charge on any atom is -0.369 e. The molecule has 1 aromatic carbocycles. The molecule has 2 heterocycles. The average molecular weight is 335 g/mol. The summed E-state index contributed by atoms with van der Waals surface area (Å²) in [6, 6.07) is 7.50. The van der Waals surface area contributed by atoms with Gasteiger partial charge >= 0.3 is 0 Å². The first-order valence-corrected chi connectivity index (χ1v) is 6.79. The maximum Gasteiger partial charge on any atom is 0.258 e. The van der Waals surface area contributed by atoms with E-state index in [1.165, 1.54) is 0 Å². The fourth-order valence-electron chi connectivity index (χ4n) is 2.41. The van der Waals surface area contributed by atoms with Crippen LogP contribution in [0.4, 0.5) is 11.8 Å². The number of hydrogen-bond acceptors (Lipinski definition) is 4. The number of anilines is 2. The third kappa shape index (κ3) is 2.09. The van der Waals surface area contributed by atoms with Gasteiger partial charge in [0.1, 0.15) is 5.82 Å². The smallest absolute Gasteiger partial charge is 0.258 e. The second-order valence-electron chi connectivity index (χ2n) is 4.54. The quantitative estimate of drug-likeness (QED) is 0.737. The normalized spacial score (nSPS) is 17.4. The van der Waals surface area contributed by atoms with Crippen molar-refractivity contribution in [2.75, 3.05) is 11.1 Å². The Morgan fingerprint density at radius 3 is 2.80 bits per heavy atom. The van der Waals surface area contributed by atoms with Crippen molar-refractivity contribution in [3.05, 3.63) is 50.2 Å². The molecule has 20 heavy (non-hydrogen) atoms. The number of rotatable bonds is 1. The summed E-state index contributed by atoms with van der Waals surface area (Å²) in [5.41, 5.74) is 6.50. The summed E-state index contributed by atoms with van der Waals surface area (Å²) in [7, 11) is 0. The molecule has 1 atom stereocenters. The first kappa shape index (κ1) is 12.9. The fourth-order valence-corrected chi connectivity index (χ4v) is 2.97. The molecule has 0 aliphatic carbocycles. The minimum absolute atomic E-state index is 0.0122. The van der Waals surface area contributed by atoms with Gasteiger partial charge in [0.25, 0.3) is 5.56 Å². The number of nitrogens with one attached hydrogen (secondary N) is 2. The number of carbonyl (C=O) groups is 1. The maximum absolute atomic E-state index is 12.1. The Morgan fingerprint density at radius 2 is 2.05 bits per heavy atom. The zero-order valence-corrected chi connectivity index (χ0v) is 11.9. The second kappa shape index (κ2) is 4.75. The molecule has 4 N–H and O–H groups in total. The first-order chi connectivity index (χ1) is 9.56. The number of amides is 1. The maximum atomic E-state index is 12.1. The molecule has 6 nitrogen and oxygen atoms in total. The van der Waals surface area contributed by atoms with E-state index < -0.39 is 0 Å². The molecule has 0 saturated carbocycles. The van der Waals surface area contributed by atoms with Gasteiger partial charge in [0.2, 0.25) is 11.9 Å². The van der Waals surface area contributed by atoms with E-state index in [0.717, 1.165) is 10.0 Å². The van der Waals surface area contributed by atoms with Gasteiger partial charge in [-0.25, -0.2) is 0 Å². The highest BCUT2D eigenvalue weighted by atomic mass is 79.9. The van der Waals surface area contributed by atoms with E-state index in [2.05, 4.69) is 31.2 Å². The molecular formula is C13H11BrN4O2. The zero-order valence-electron chi connectivity index (χ0n) is 10.3. The predicted octanol–water partition coefficient (Wildman–Crippen LogP) is 1.59. The Morgan fingerprint density at radius 1 is 1.30 bits per heavy atom. The Kier molecular flexibility index (Phi) is 3.06. The highest BCUT2D eigenvalue weighted by molar-refractivity contribution is 9.10. The molecule has 0 bridgehead atoms. The number of halogens is 1. The summed E-state index contributed by atoms with van der Waals surface area (Å²) in [4.78, 5) is 30.5. The van der Waals surface area contributed by atoms with Gasteiger partial charge in [-0.15, -0.1) is 0 Å². The molecule has 3 rings (SSSR count). The van der Waals surface area contributed by atoms with Crippen LogP contribution in [0.2, 0.25) is 0 Å². The van der Waals surface area contributed by atoms with Crippen molar-refractivity contribution in [2.45, 2.75) is 12.3 Å². The van der Waals surface area contributed by atoms with Crippen molar-refractivity contribution in [1.82, 2.24) is 9.97 Å². The summed E-state index contributed by atoms with van der Waals surface area (Å²) in [6.07, 6.45) is 0.199. The lowest BCUT2D eigenvalue weighted by atomic mass is 9.87. The van der Waals surface area contributed by atoms with Crippen molar-refractivity contribution in [1.29, 1.82) is 0 Å². The van der Waals surface area contributed by atoms with E-state index >= 15 is 0 Å². The summed E-state index contributed by atoms with van der Waals surface area (Å²) >= 11 is 3.45. The molecule has 1 amide bonds. The number of fused-ring (bicyclic) bond motifs is 1. The summed E-state index contributed by atoms with van der Waals surface area (Å²) in [5.74, 6) is -0.299. The molecule has 0 spiro atoms. The minimum atomic E-state index is -0.342. The number of H-pyrrole nitrogens is 1. The number of aromatic nitrogens is 2. The summed E-state index contributed by atoms with van der Waals surface area (Å²) < 4.78 is 0.849. The van der Waals surface area contributed by atoms with Gasteiger partial charge in [0, 0.05) is 16.8 Å². The van der Waals surface area contributed by atoms with Gasteiger partial charge in [0.15, 0.2) is 0 Å². The molecule has 1 aromatic heterocycles. The number of nitrogens with zero attached hydrogens (tertiary/aromatic N) is 1. The van der Waals surface area contributed by atoms with Gasteiger partial charge < -0.3 is 11.1 Å². The highest BCUT2D eigenvalue weighted by Crippen LogP contribution is 2.37. The van der Waals surface area contributed by atoms with Gasteiger partial charge in [-0.3, -0.25) is 14.6 Å². The molecular weight excluding hydrogens is 324 g/mol. The van der Waals surface area contributed by atoms with Crippen LogP contribution in [0.1, 0.15) is 23.5 Å². The molecule has 102 valence electrons. The number of carbonyl (C=O) groups excluding carboxylic acids is 1. The monoisotopic (exact) mass is 334 g/mol. The zero-order chi connectivity index (χ0) is 14.3. The lowest BCUT2D eigenvalue weighted by Gasteiger charge is -2.24.